The molecule has 5 heteroatoms. The van der Waals surface area contributed by atoms with E-state index in [0.717, 1.165) is 22.3 Å². The topological polar surface area (TPSA) is 52.6 Å². The predicted octanol–water partition coefficient (Wildman–Crippen LogP) is 4.79. The van der Waals surface area contributed by atoms with Gasteiger partial charge >= 0.3 is 0 Å². The van der Waals surface area contributed by atoms with Crippen molar-refractivity contribution in [3.05, 3.63) is 83.0 Å². The lowest BCUT2D eigenvalue weighted by atomic mass is 10.1. The van der Waals surface area contributed by atoms with Gasteiger partial charge in [0.25, 0.3) is 0 Å². The Labute approximate surface area is 174 Å². The van der Waals surface area contributed by atoms with Crippen LogP contribution < -0.4 is 0 Å². The average Bonchev–Trinajstić information content (AvgIpc) is 2.71. The Morgan fingerprint density at radius 2 is 1.14 bits per heavy atom. The maximum absolute atomic E-state index is 13.6. The van der Waals surface area contributed by atoms with E-state index in [1.807, 2.05) is 50.3 Å². The van der Waals surface area contributed by atoms with E-state index in [2.05, 4.69) is 0 Å². The molecule has 156 valence electrons. The SMILES string of the molecule is COCC=C(C)Cc1ccccc1S(=O)(=O)c1ccccc1CC(C)=CCOC. The third kappa shape index (κ3) is 6.39. The minimum atomic E-state index is -3.65. The lowest BCUT2D eigenvalue weighted by molar-refractivity contribution is 0.233. The molecule has 0 saturated heterocycles. The Hall–Kier alpha value is -2.21. The van der Waals surface area contributed by atoms with E-state index in [9.17, 15) is 8.42 Å². The van der Waals surface area contributed by atoms with Crippen LogP contribution in [0.25, 0.3) is 0 Å². The fourth-order valence-corrected chi connectivity index (χ4v) is 4.86. The zero-order valence-electron chi connectivity index (χ0n) is 17.6. The van der Waals surface area contributed by atoms with Crippen molar-refractivity contribution in [3.63, 3.8) is 0 Å². The molecule has 0 atom stereocenters. The summed E-state index contributed by atoms with van der Waals surface area (Å²) < 4.78 is 37.3. The fraction of sp³-hybridized carbons (Fsp3) is 0.333. The zero-order valence-corrected chi connectivity index (χ0v) is 18.5. The van der Waals surface area contributed by atoms with Gasteiger partial charge in [-0.3, -0.25) is 0 Å². The number of benzene rings is 2. The molecule has 0 unspecified atom stereocenters. The molecule has 4 nitrogen and oxygen atoms in total. The van der Waals surface area contributed by atoms with Crippen LogP contribution in [0.1, 0.15) is 25.0 Å². The van der Waals surface area contributed by atoms with Crippen molar-refractivity contribution in [1.29, 1.82) is 0 Å². The molecule has 0 radical (unpaired) electrons. The van der Waals surface area contributed by atoms with Crippen LogP contribution in [0.4, 0.5) is 0 Å². The van der Waals surface area contributed by atoms with E-state index in [4.69, 9.17) is 9.47 Å². The van der Waals surface area contributed by atoms with Crippen LogP contribution in [0.3, 0.4) is 0 Å². The number of rotatable bonds is 10. The van der Waals surface area contributed by atoms with E-state index >= 15 is 0 Å². The molecule has 0 aliphatic carbocycles. The summed E-state index contributed by atoms with van der Waals surface area (Å²) in [7, 11) is -0.367. The van der Waals surface area contributed by atoms with E-state index in [0.29, 0.717) is 35.8 Å². The van der Waals surface area contributed by atoms with Crippen molar-refractivity contribution in [3.8, 4) is 0 Å². The standard InChI is InChI=1S/C24H30O4S/c1-19(13-15-27-3)17-21-9-5-7-11-23(21)29(25,26)24-12-8-6-10-22(24)18-20(2)14-16-28-4/h5-14H,15-18H2,1-4H3. The second-order valence-corrected chi connectivity index (χ2v) is 8.97. The van der Waals surface area contributed by atoms with Gasteiger partial charge in [0.15, 0.2) is 0 Å². The van der Waals surface area contributed by atoms with Crippen molar-refractivity contribution in [1.82, 2.24) is 0 Å². The Morgan fingerprint density at radius 3 is 1.52 bits per heavy atom. The molecular weight excluding hydrogens is 384 g/mol. The maximum Gasteiger partial charge on any atom is 0.207 e. The second kappa shape index (κ2) is 11.1. The molecule has 0 aromatic heterocycles. The molecule has 0 heterocycles. The van der Waals surface area contributed by atoms with Crippen LogP contribution in [-0.4, -0.2) is 35.9 Å². The molecule has 0 N–H and O–H groups in total. The summed E-state index contributed by atoms with van der Waals surface area (Å²) in [6.07, 6.45) is 5.07. The highest BCUT2D eigenvalue weighted by Gasteiger charge is 2.23. The largest absolute Gasteiger partial charge is 0.381 e. The van der Waals surface area contributed by atoms with E-state index in [-0.39, 0.29) is 0 Å². The van der Waals surface area contributed by atoms with Crippen molar-refractivity contribution in [2.75, 3.05) is 27.4 Å². The van der Waals surface area contributed by atoms with Gasteiger partial charge in [-0.25, -0.2) is 8.42 Å². The van der Waals surface area contributed by atoms with Gasteiger partial charge < -0.3 is 9.47 Å². The number of hydrogen-bond acceptors (Lipinski definition) is 4. The fourth-order valence-electron chi connectivity index (χ4n) is 3.14. The van der Waals surface area contributed by atoms with Crippen molar-refractivity contribution in [2.24, 2.45) is 0 Å². The third-order valence-electron chi connectivity index (χ3n) is 4.66. The van der Waals surface area contributed by atoms with Crippen molar-refractivity contribution >= 4 is 9.84 Å². The quantitative estimate of drug-likeness (QED) is 0.525. The van der Waals surface area contributed by atoms with Crippen molar-refractivity contribution in [2.45, 2.75) is 36.5 Å². The summed E-state index contributed by atoms with van der Waals surface area (Å²) in [5, 5.41) is 0. The third-order valence-corrected chi connectivity index (χ3v) is 6.61. The highest BCUT2D eigenvalue weighted by molar-refractivity contribution is 7.91. The van der Waals surface area contributed by atoms with Crippen molar-refractivity contribution < 1.29 is 17.9 Å². The van der Waals surface area contributed by atoms with Crippen LogP contribution in [0.5, 0.6) is 0 Å². The first-order chi connectivity index (χ1) is 13.9. The number of ether oxygens (including phenoxy) is 2. The first kappa shape index (κ1) is 23.1. The maximum atomic E-state index is 13.6. The Morgan fingerprint density at radius 1 is 0.759 bits per heavy atom. The van der Waals surface area contributed by atoms with Gasteiger partial charge in [0.05, 0.1) is 23.0 Å². The number of sulfone groups is 1. The van der Waals surface area contributed by atoms with Gasteiger partial charge in [-0.15, -0.1) is 0 Å². The summed E-state index contributed by atoms with van der Waals surface area (Å²) in [5.74, 6) is 0. The Balaban J connectivity index is 2.45. The molecule has 0 bridgehead atoms. The van der Waals surface area contributed by atoms with Crippen LogP contribution >= 0.6 is 0 Å². The van der Waals surface area contributed by atoms with Crippen LogP contribution in [0.15, 0.2) is 81.6 Å². The molecule has 0 fully saturated rings. The highest BCUT2D eigenvalue weighted by Crippen LogP contribution is 2.29. The summed E-state index contributed by atoms with van der Waals surface area (Å²) >= 11 is 0. The van der Waals surface area contributed by atoms with Crippen LogP contribution in [-0.2, 0) is 32.2 Å². The molecule has 2 aromatic carbocycles. The lowest BCUT2D eigenvalue weighted by Gasteiger charge is -2.14. The van der Waals surface area contributed by atoms with Gasteiger partial charge in [-0.2, -0.15) is 0 Å². The molecule has 29 heavy (non-hydrogen) atoms. The zero-order chi connectivity index (χ0) is 21.3. The predicted molar refractivity (Wildman–Crippen MR) is 117 cm³/mol. The lowest BCUT2D eigenvalue weighted by Crippen LogP contribution is -2.09. The minimum absolute atomic E-state index is 0.358. The van der Waals surface area contributed by atoms with Crippen LogP contribution in [0.2, 0.25) is 0 Å². The second-order valence-electron chi connectivity index (χ2n) is 7.08. The number of allylic oxidation sites excluding steroid dienone is 2. The van der Waals surface area contributed by atoms with Gasteiger partial charge in [0.1, 0.15) is 0 Å². The minimum Gasteiger partial charge on any atom is -0.381 e. The summed E-state index contributed by atoms with van der Waals surface area (Å²) in [6.45, 7) is 4.99. The summed E-state index contributed by atoms with van der Waals surface area (Å²) in [4.78, 5) is 0.715. The van der Waals surface area contributed by atoms with E-state index in [1.165, 1.54) is 0 Å². The van der Waals surface area contributed by atoms with Gasteiger partial charge in [0.2, 0.25) is 9.84 Å². The molecule has 0 saturated carbocycles. The number of methoxy groups -OCH3 is 2. The highest BCUT2D eigenvalue weighted by atomic mass is 32.2. The monoisotopic (exact) mass is 414 g/mol. The first-order valence-corrected chi connectivity index (χ1v) is 11.1. The summed E-state index contributed by atoms with van der Waals surface area (Å²) in [5.41, 5.74) is 3.72. The van der Waals surface area contributed by atoms with Gasteiger partial charge in [0, 0.05) is 14.2 Å². The van der Waals surface area contributed by atoms with Crippen LogP contribution in [0, 0.1) is 0 Å². The molecule has 0 amide bonds. The van der Waals surface area contributed by atoms with Gasteiger partial charge in [-0.1, -0.05) is 59.7 Å². The molecular formula is C24H30O4S. The normalized spacial score (nSPS) is 13.0. The summed E-state index contributed by atoms with van der Waals surface area (Å²) in [6, 6.07) is 14.4. The molecule has 2 aromatic rings. The van der Waals surface area contributed by atoms with E-state index in [1.54, 1.807) is 38.5 Å². The Kier molecular flexibility index (Phi) is 8.83. The average molecular weight is 415 g/mol. The molecule has 0 aliphatic rings. The number of hydrogen-bond donors (Lipinski definition) is 0. The van der Waals surface area contributed by atoms with Gasteiger partial charge in [-0.05, 0) is 49.9 Å². The smallest absolute Gasteiger partial charge is 0.207 e. The molecule has 0 spiro atoms. The molecule has 2 rings (SSSR count). The van der Waals surface area contributed by atoms with E-state index < -0.39 is 9.84 Å². The molecule has 0 aliphatic heterocycles. The Bertz CT molecular complexity index is 898. The first-order valence-electron chi connectivity index (χ1n) is 9.60.